The van der Waals surface area contributed by atoms with Crippen molar-refractivity contribution in [3.63, 3.8) is 0 Å². The molecule has 0 radical (unpaired) electrons. The van der Waals surface area contributed by atoms with Gasteiger partial charge in [0.15, 0.2) is 5.88 Å². The van der Waals surface area contributed by atoms with E-state index in [1.807, 2.05) is 7.05 Å². The summed E-state index contributed by atoms with van der Waals surface area (Å²) >= 11 is 0. The third kappa shape index (κ3) is 2.11. The predicted molar refractivity (Wildman–Crippen MR) is 61.0 cm³/mol. The highest BCUT2D eigenvalue weighted by Gasteiger charge is 2.22. The fourth-order valence-electron chi connectivity index (χ4n) is 1.23. The van der Waals surface area contributed by atoms with Gasteiger partial charge in [0, 0.05) is 25.1 Å². The van der Waals surface area contributed by atoms with Crippen LogP contribution in [0.4, 0.5) is 5.88 Å². The Morgan fingerprint density at radius 3 is 2.43 bits per heavy atom. The minimum absolute atomic E-state index is 0.146. The molecular weight excluding hydrogens is 174 g/mol. The zero-order valence-corrected chi connectivity index (χ0v) is 9.92. The van der Waals surface area contributed by atoms with Crippen LogP contribution in [-0.4, -0.2) is 13.6 Å². The lowest BCUT2D eigenvalue weighted by molar-refractivity contribution is 0.377. The van der Waals surface area contributed by atoms with Gasteiger partial charge in [0.25, 0.3) is 0 Å². The van der Waals surface area contributed by atoms with Gasteiger partial charge in [-0.25, -0.2) is 0 Å². The molecular formula is C12H21NO. The van der Waals surface area contributed by atoms with Crippen molar-refractivity contribution in [2.24, 2.45) is 0 Å². The van der Waals surface area contributed by atoms with Crippen LogP contribution in [0.5, 0.6) is 0 Å². The van der Waals surface area contributed by atoms with Crippen molar-refractivity contribution in [1.82, 2.24) is 0 Å². The second-order valence-corrected chi connectivity index (χ2v) is 4.39. The molecule has 1 aromatic rings. The molecule has 0 spiro atoms. The van der Waals surface area contributed by atoms with Crippen molar-refractivity contribution in [1.29, 1.82) is 0 Å². The van der Waals surface area contributed by atoms with E-state index in [1.165, 1.54) is 0 Å². The van der Waals surface area contributed by atoms with Gasteiger partial charge in [0.1, 0.15) is 5.76 Å². The maximum absolute atomic E-state index is 5.82. The van der Waals surface area contributed by atoms with Crippen LogP contribution < -0.4 is 4.90 Å². The van der Waals surface area contributed by atoms with E-state index < -0.39 is 0 Å². The second kappa shape index (κ2) is 4.07. The smallest absolute Gasteiger partial charge is 0.195 e. The van der Waals surface area contributed by atoms with E-state index in [4.69, 9.17) is 4.42 Å². The highest BCUT2D eigenvalue weighted by Crippen LogP contribution is 2.30. The molecule has 1 heterocycles. The first-order valence-electron chi connectivity index (χ1n) is 5.32. The Kier molecular flexibility index (Phi) is 3.25. The Morgan fingerprint density at radius 2 is 1.93 bits per heavy atom. The summed E-state index contributed by atoms with van der Waals surface area (Å²) in [6.07, 6.45) is 1.09. The number of furan rings is 1. The lowest BCUT2D eigenvalue weighted by atomic mass is 9.88. The Hall–Kier alpha value is -0.920. The van der Waals surface area contributed by atoms with Crippen molar-refractivity contribution in [2.75, 3.05) is 18.5 Å². The van der Waals surface area contributed by atoms with Gasteiger partial charge in [-0.1, -0.05) is 20.8 Å². The van der Waals surface area contributed by atoms with Crippen LogP contribution in [0, 0.1) is 0 Å². The van der Waals surface area contributed by atoms with Crippen molar-refractivity contribution in [2.45, 2.75) is 39.5 Å². The quantitative estimate of drug-likeness (QED) is 0.732. The van der Waals surface area contributed by atoms with Gasteiger partial charge < -0.3 is 9.32 Å². The lowest BCUT2D eigenvalue weighted by Gasteiger charge is -2.20. The number of rotatable bonds is 4. The first-order chi connectivity index (χ1) is 6.51. The van der Waals surface area contributed by atoms with Gasteiger partial charge in [-0.05, 0) is 19.4 Å². The Bertz CT molecular complexity index is 288. The molecule has 0 N–H and O–H groups in total. The average Bonchev–Trinajstić information content (AvgIpc) is 2.66. The summed E-state index contributed by atoms with van der Waals surface area (Å²) in [7, 11) is 2.04. The zero-order valence-electron chi connectivity index (χ0n) is 9.92. The molecule has 1 aromatic heterocycles. The summed E-state index contributed by atoms with van der Waals surface area (Å²) in [4.78, 5) is 2.11. The fourth-order valence-corrected chi connectivity index (χ4v) is 1.23. The predicted octanol–water partition coefficient (Wildman–Crippen LogP) is 3.42. The lowest BCUT2D eigenvalue weighted by Crippen LogP contribution is -2.16. The van der Waals surface area contributed by atoms with Crippen LogP contribution >= 0.6 is 0 Å². The molecule has 0 aliphatic heterocycles. The summed E-state index contributed by atoms with van der Waals surface area (Å²) in [5.41, 5.74) is 0.146. The summed E-state index contributed by atoms with van der Waals surface area (Å²) in [6.45, 7) is 9.70. The van der Waals surface area contributed by atoms with E-state index >= 15 is 0 Å². The molecule has 0 bridgehead atoms. The number of anilines is 1. The van der Waals surface area contributed by atoms with Crippen LogP contribution in [0.25, 0.3) is 0 Å². The summed E-state index contributed by atoms with van der Waals surface area (Å²) < 4.78 is 5.82. The standard InChI is InChI=1S/C12H21NO/c1-6-12(3,4)10-8-9-11(14-10)13(5)7-2/h8-9H,6-7H2,1-5H3. The molecule has 0 aliphatic rings. The highest BCUT2D eigenvalue weighted by atomic mass is 16.4. The second-order valence-electron chi connectivity index (χ2n) is 4.39. The Balaban J connectivity index is 2.88. The maximum Gasteiger partial charge on any atom is 0.195 e. The van der Waals surface area contributed by atoms with E-state index in [1.54, 1.807) is 0 Å². The molecule has 1 rings (SSSR count). The number of hydrogen-bond donors (Lipinski definition) is 0. The Labute approximate surface area is 86.9 Å². The number of hydrogen-bond acceptors (Lipinski definition) is 2. The van der Waals surface area contributed by atoms with E-state index in [-0.39, 0.29) is 5.41 Å². The third-order valence-electron chi connectivity index (χ3n) is 2.99. The molecule has 0 aromatic carbocycles. The van der Waals surface area contributed by atoms with Gasteiger partial charge >= 0.3 is 0 Å². The van der Waals surface area contributed by atoms with Crippen LogP contribution in [0.15, 0.2) is 16.5 Å². The Morgan fingerprint density at radius 1 is 1.29 bits per heavy atom. The topological polar surface area (TPSA) is 16.4 Å². The van der Waals surface area contributed by atoms with E-state index in [9.17, 15) is 0 Å². The minimum atomic E-state index is 0.146. The molecule has 0 saturated heterocycles. The number of nitrogens with zero attached hydrogens (tertiary/aromatic N) is 1. The van der Waals surface area contributed by atoms with Crippen LogP contribution in [-0.2, 0) is 5.41 Å². The van der Waals surface area contributed by atoms with Gasteiger partial charge in [-0.15, -0.1) is 0 Å². The molecule has 0 fully saturated rings. The van der Waals surface area contributed by atoms with Crippen molar-refractivity contribution in [3.8, 4) is 0 Å². The van der Waals surface area contributed by atoms with Crippen molar-refractivity contribution >= 4 is 5.88 Å². The normalized spacial score (nSPS) is 11.8. The van der Waals surface area contributed by atoms with E-state index in [0.717, 1.165) is 24.6 Å². The summed E-state index contributed by atoms with van der Waals surface area (Å²) in [5, 5.41) is 0. The van der Waals surface area contributed by atoms with Crippen LogP contribution in [0.1, 0.15) is 39.9 Å². The largest absolute Gasteiger partial charge is 0.445 e. The molecule has 2 heteroatoms. The molecule has 0 aliphatic carbocycles. The van der Waals surface area contributed by atoms with Crippen molar-refractivity contribution in [3.05, 3.63) is 17.9 Å². The van der Waals surface area contributed by atoms with Gasteiger partial charge in [-0.2, -0.15) is 0 Å². The van der Waals surface area contributed by atoms with E-state index in [2.05, 4.69) is 44.7 Å². The molecule has 0 amide bonds. The zero-order chi connectivity index (χ0) is 10.8. The van der Waals surface area contributed by atoms with Gasteiger partial charge in [0.05, 0.1) is 0 Å². The summed E-state index contributed by atoms with van der Waals surface area (Å²) in [6, 6.07) is 4.14. The van der Waals surface area contributed by atoms with Crippen LogP contribution in [0.3, 0.4) is 0 Å². The molecule has 2 nitrogen and oxygen atoms in total. The van der Waals surface area contributed by atoms with Crippen LogP contribution in [0.2, 0.25) is 0 Å². The molecule has 80 valence electrons. The minimum Gasteiger partial charge on any atom is -0.445 e. The maximum atomic E-state index is 5.82. The first-order valence-corrected chi connectivity index (χ1v) is 5.32. The molecule has 0 atom stereocenters. The fraction of sp³-hybridized carbons (Fsp3) is 0.667. The van der Waals surface area contributed by atoms with E-state index in [0.29, 0.717) is 0 Å². The molecule has 14 heavy (non-hydrogen) atoms. The highest BCUT2D eigenvalue weighted by molar-refractivity contribution is 5.36. The average molecular weight is 195 g/mol. The first kappa shape index (κ1) is 11.2. The van der Waals surface area contributed by atoms with Gasteiger partial charge in [0.2, 0.25) is 0 Å². The summed E-state index contributed by atoms with van der Waals surface area (Å²) in [5.74, 6) is 2.04. The van der Waals surface area contributed by atoms with Gasteiger partial charge in [-0.3, -0.25) is 0 Å². The third-order valence-corrected chi connectivity index (χ3v) is 2.99. The monoisotopic (exact) mass is 195 g/mol. The van der Waals surface area contributed by atoms with Crippen molar-refractivity contribution < 1.29 is 4.42 Å². The molecule has 0 saturated carbocycles. The SMILES string of the molecule is CCN(C)c1ccc(C(C)(C)CC)o1. The molecule has 0 unspecified atom stereocenters.